The standard InChI is InChI=1S/C22H38N4O3/c1-21(2,17-8-9-18(27-6)19(14-17)28-7)15-24-20(23-5)25-16-22(3,4)26-10-12-29-13-11-26/h8-9,14H,10-13,15-16H2,1-7H3,(H2,23,24,25). The molecule has 0 amide bonds. The maximum atomic E-state index is 5.48. The van der Waals surface area contributed by atoms with Gasteiger partial charge in [0.2, 0.25) is 0 Å². The lowest BCUT2D eigenvalue weighted by Gasteiger charge is -2.41. The van der Waals surface area contributed by atoms with E-state index in [0.717, 1.165) is 56.9 Å². The SMILES string of the molecule is CN=C(NCC(C)(C)c1ccc(OC)c(OC)c1)NCC(C)(C)N1CCOCC1. The van der Waals surface area contributed by atoms with E-state index in [0.29, 0.717) is 0 Å². The molecule has 1 aliphatic heterocycles. The first-order valence-corrected chi connectivity index (χ1v) is 10.2. The van der Waals surface area contributed by atoms with E-state index >= 15 is 0 Å². The van der Waals surface area contributed by atoms with Gasteiger partial charge in [-0.05, 0) is 31.5 Å². The maximum Gasteiger partial charge on any atom is 0.191 e. The van der Waals surface area contributed by atoms with Crippen LogP contribution in [0.4, 0.5) is 0 Å². The molecule has 0 radical (unpaired) electrons. The Hall–Kier alpha value is -1.99. The Morgan fingerprint density at radius 1 is 1.03 bits per heavy atom. The predicted molar refractivity (Wildman–Crippen MR) is 118 cm³/mol. The molecule has 7 nitrogen and oxygen atoms in total. The Balaban J connectivity index is 1.95. The molecule has 0 aliphatic carbocycles. The molecule has 29 heavy (non-hydrogen) atoms. The third-order valence-electron chi connectivity index (χ3n) is 5.64. The second-order valence-corrected chi connectivity index (χ2v) is 8.64. The normalized spacial score (nSPS) is 16.4. The molecule has 0 spiro atoms. The number of aliphatic imine (C=N–C) groups is 1. The molecule has 0 aromatic heterocycles. The van der Waals surface area contributed by atoms with E-state index < -0.39 is 0 Å². The van der Waals surface area contributed by atoms with Crippen LogP contribution in [-0.4, -0.2) is 77.1 Å². The van der Waals surface area contributed by atoms with Gasteiger partial charge in [0, 0.05) is 44.2 Å². The first-order valence-electron chi connectivity index (χ1n) is 10.2. The zero-order valence-electron chi connectivity index (χ0n) is 19.1. The Labute approximate surface area is 175 Å². The van der Waals surface area contributed by atoms with Crippen molar-refractivity contribution < 1.29 is 14.2 Å². The quantitative estimate of drug-likeness (QED) is 0.510. The average Bonchev–Trinajstić information content (AvgIpc) is 2.73. The first kappa shape index (κ1) is 23.3. The van der Waals surface area contributed by atoms with Crippen molar-refractivity contribution in [3.8, 4) is 11.5 Å². The molecule has 1 aromatic rings. The molecular formula is C22H38N4O3. The number of benzene rings is 1. The van der Waals surface area contributed by atoms with E-state index in [1.54, 1.807) is 21.3 Å². The molecule has 1 saturated heterocycles. The highest BCUT2D eigenvalue weighted by atomic mass is 16.5. The monoisotopic (exact) mass is 406 g/mol. The molecule has 2 rings (SSSR count). The molecule has 164 valence electrons. The minimum Gasteiger partial charge on any atom is -0.493 e. The van der Waals surface area contributed by atoms with Crippen molar-refractivity contribution in [2.24, 2.45) is 4.99 Å². The summed E-state index contributed by atoms with van der Waals surface area (Å²) in [5, 5.41) is 6.96. The lowest BCUT2D eigenvalue weighted by atomic mass is 9.84. The fourth-order valence-electron chi connectivity index (χ4n) is 3.47. The number of methoxy groups -OCH3 is 2. The van der Waals surface area contributed by atoms with Gasteiger partial charge < -0.3 is 24.8 Å². The first-order chi connectivity index (χ1) is 13.7. The smallest absolute Gasteiger partial charge is 0.191 e. The number of hydrogen-bond acceptors (Lipinski definition) is 5. The largest absolute Gasteiger partial charge is 0.493 e. The van der Waals surface area contributed by atoms with E-state index in [-0.39, 0.29) is 11.0 Å². The zero-order chi connectivity index (χ0) is 21.5. The third-order valence-corrected chi connectivity index (χ3v) is 5.64. The maximum absolute atomic E-state index is 5.48. The van der Waals surface area contributed by atoms with Crippen LogP contribution >= 0.6 is 0 Å². The highest BCUT2D eigenvalue weighted by molar-refractivity contribution is 5.79. The lowest BCUT2D eigenvalue weighted by molar-refractivity contribution is -0.00834. The van der Waals surface area contributed by atoms with Gasteiger partial charge in [-0.25, -0.2) is 0 Å². The van der Waals surface area contributed by atoms with Crippen LogP contribution in [0.2, 0.25) is 0 Å². The zero-order valence-corrected chi connectivity index (χ0v) is 19.1. The summed E-state index contributed by atoms with van der Waals surface area (Å²) in [4.78, 5) is 6.86. The van der Waals surface area contributed by atoms with E-state index in [4.69, 9.17) is 14.2 Å². The summed E-state index contributed by atoms with van der Waals surface area (Å²) < 4.78 is 16.3. The minimum absolute atomic E-state index is 0.0280. The number of morpholine rings is 1. The van der Waals surface area contributed by atoms with Crippen LogP contribution in [0.3, 0.4) is 0 Å². The minimum atomic E-state index is -0.114. The molecule has 7 heteroatoms. The summed E-state index contributed by atoms with van der Waals surface area (Å²) in [5.74, 6) is 2.29. The van der Waals surface area contributed by atoms with Gasteiger partial charge in [0.15, 0.2) is 17.5 Å². The topological polar surface area (TPSA) is 67.4 Å². The fourth-order valence-corrected chi connectivity index (χ4v) is 3.47. The number of nitrogens with one attached hydrogen (secondary N) is 2. The number of ether oxygens (including phenoxy) is 3. The van der Waals surface area contributed by atoms with Crippen molar-refractivity contribution in [2.75, 3.05) is 60.7 Å². The van der Waals surface area contributed by atoms with Gasteiger partial charge in [-0.1, -0.05) is 19.9 Å². The van der Waals surface area contributed by atoms with Crippen LogP contribution in [-0.2, 0) is 10.2 Å². The molecule has 0 saturated carbocycles. The molecule has 1 fully saturated rings. The summed E-state index contributed by atoms with van der Waals surface area (Å²) in [7, 11) is 5.12. The van der Waals surface area contributed by atoms with E-state index in [2.05, 4.69) is 54.3 Å². The number of hydrogen-bond donors (Lipinski definition) is 2. The summed E-state index contributed by atoms with van der Waals surface area (Å²) in [6.45, 7) is 14.0. The van der Waals surface area contributed by atoms with E-state index in [9.17, 15) is 0 Å². The van der Waals surface area contributed by atoms with Crippen LogP contribution < -0.4 is 20.1 Å². The lowest BCUT2D eigenvalue weighted by Crippen LogP contribution is -2.57. The Morgan fingerprint density at radius 3 is 2.24 bits per heavy atom. The van der Waals surface area contributed by atoms with Crippen LogP contribution in [0.25, 0.3) is 0 Å². The van der Waals surface area contributed by atoms with Gasteiger partial charge in [0.1, 0.15) is 0 Å². The fraction of sp³-hybridized carbons (Fsp3) is 0.682. The van der Waals surface area contributed by atoms with Crippen LogP contribution in [0, 0.1) is 0 Å². The molecular weight excluding hydrogens is 368 g/mol. The van der Waals surface area contributed by atoms with Gasteiger partial charge in [-0.15, -0.1) is 0 Å². The summed E-state index contributed by atoms with van der Waals surface area (Å²) in [5.41, 5.74) is 1.09. The van der Waals surface area contributed by atoms with Crippen molar-refractivity contribution in [2.45, 2.75) is 38.6 Å². The molecule has 1 heterocycles. The van der Waals surface area contributed by atoms with Gasteiger partial charge in [-0.2, -0.15) is 0 Å². The molecule has 0 bridgehead atoms. The van der Waals surface area contributed by atoms with Crippen molar-refractivity contribution >= 4 is 5.96 Å². The molecule has 1 aromatic carbocycles. The van der Waals surface area contributed by atoms with Crippen molar-refractivity contribution in [3.63, 3.8) is 0 Å². The summed E-state index contributed by atoms with van der Waals surface area (Å²) in [6.07, 6.45) is 0. The molecule has 2 N–H and O–H groups in total. The van der Waals surface area contributed by atoms with E-state index in [1.807, 2.05) is 12.1 Å². The molecule has 0 atom stereocenters. The molecule has 1 aliphatic rings. The van der Waals surface area contributed by atoms with E-state index in [1.165, 1.54) is 5.56 Å². The highest BCUT2D eigenvalue weighted by Gasteiger charge is 2.29. The third kappa shape index (κ3) is 6.24. The number of rotatable bonds is 8. The Kier molecular flexibility index (Phi) is 8.16. The Morgan fingerprint density at radius 2 is 1.66 bits per heavy atom. The summed E-state index contributed by atoms with van der Waals surface area (Å²) in [6, 6.07) is 6.08. The van der Waals surface area contributed by atoms with Crippen molar-refractivity contribution in [1.82, 2.24) is 15.5 Å². The highest BCUT2D eigenvalue weighted by Crippen LogP contribution is 2.32. The second kappa shape index (κ2) is 10.2. The number of nitrogens with zero attached hydrogens (tertiary/aromatic N) is 2. The predicted octanol–water partition coefficient (Wildman–Crippen LogP) is 2.26. The second-order valence-electron chi connectivity index (χ2n) is 8.64. The average molecular weight is 407 g/mol. The van der Waals surface area contributed by atoms with Gasteiger partial charge in [-0.3, -0.25) is 9.89 Å². The van der Waals surface area contributed by atoms with Gasteiger partial charge >= 0.3 is 0 Å². The van der Waals surface area contributed by atoms with Crippen LogP contribution in [0.1, 0.15) is 33.3 Å². The summed E-state index contributed by atoms with van der Waals surface area (Å²) >= 11 is 0. The van der Waals surface area contributed by atoms with Crippen molar-refractivity contribution in [3.05, 3.63) is 23.8 Å². The van der Waals surface area contributed by atoms with Crippen LogP contribution in [0.5, 0.6) is 11.5 Å². The Bertz CT molecular complexity index is 683. The molecule has 0 unspecified atom stereocenters. The van der Waals surface area contributed by atoms with Gasteiger partial charge in [0.25, 0.3) is 0 Å². The van der Waals surface area contributed by atoms with Crippen LogP contribution in [0.15, 0.2) is 23.2 Å². The number of guanidine groups is 1. The van der Waals surface area contributed by atoms with Gasteiger partial charge in [0.05, 0.1) is 27.4 Å². The van der Waals surface area contributed by atoms with Crippen molar-refractivity contribution in [1.29, 1.82) is 0 Å².